The summed E-state index contributed by atoms with van der Waals surface area (Å²) in [6.07, 6.45) is 3.56. The Kier molecular flexibility index (Phi) is 7.47. The van der Waals surface area contributed by atoms with Gasteiger partial charge >= 0.3 is 5.97 Å². The van der Waals surface area contributed by atoms with Gasteiger partial charge in [0.15, 0.2) is 6.61 Å². The van der Waals surface area contributed by atoms with Crippen molar-refractivity contribution < 1.29 is 22.7 Å². The zero-order chi connectivity index (χ0) is 20.9. The Morgan fingerprint density at radius 1 is 1.14 bits per heavy atom. The smallest absolute Gasteiger partial charge is 0.338 e. The molecule has 1 N–H and O–H groups in total. The summed E-state index contributed by atoms with van der Waals surface area (Å²) in [6, 6.07) is 3.96. The van der Waals surface area contributed by atoms with E-state index >= 15 is 0 Å². The van der Waals surface area contributed by atoms with Gasteiger partial charge in [0.25, 0.3) is 5.91 Å². The zero-order valence-electron chi connectivity index (χ0n) is 16.5. The summed E-state index contributed by atoms with van der Waals surface area (Å²) in [5.41, 5.74) is -0.417. The second-order valence-electron chi connectivity index (χ2n) is 7.84. The average Bonchev–Trinajstić information content (AvgIpc) is 2.88. The topological polar surface area (TPSA) is 92.8 Å². The van der Waals surface area contributed by atoms with Gasteiger partial charge in [0.1, 0.15) is 4.90 Å². The van der Waals surface area contributed by atoms with Gasteiger partial charge in [-0.2, -0.15) is 4.31 Å². The molecular formula is C19H27ClN2O5S. The van der Waals surface area contributed by atoms with E-state index in [1.165, 1.54) is 22.5 Å². The third kappa shape index (κ3) is 6.18. The number of esters is 1. The Morgan fingerprint density at radius 3 is 2.32 bits per heavy atom. The zero-order valence-corrected chi connectivity index (χ0v) is 18.0. The summed E-state index contributed by atoms with van der Waals surface area (Å²) in [6.45, 7) is 5.84. The summed E-state index contributed by atoms with van der Waals surface area (Å²) in [7, 11) is -3.81. The van der Waals surface area contributed by atoms with Crippen LogP contribution in [0.5, 0.6) is 0 Å². The lowest BCUT2D eigenvalue weighted by atomic mass is 10.1. The fraction of sp³-hybridized carbons (Fsp3) is 0.579. The van der Waals surface area contributed by atoms with Crippen molar-refractivity contribution in [2.24, 2.45) is 0 Å². The molecule has 0 bridgehead atoms. The first-order valence-corrected chi connectivity index (χ1v) is 11.1. The molecule has 0 spiro atoms. The fourth-order valence-corrected chi connectivity index (χ4v) is 4.94. The van der Waals surface area contributed by atoms with Gasteiger partial charge in [-0.3, -0.25) is 4.79 Å². The second-order valence-corrected chi connectivity index (χ2v) is 10.2. The molecule has 0 radical (unpaired) electrons. The number of carbonyl (C=O) groups is 2. The Balaban J connectivity index is 2.15. The van der Waals surface area contributed by atoms with E-state index in [0.29, 0.717) is 13.1 Å². The number of nitrogens with zero attached hydrogens (tertiary/aromatic N) is 1. The van der Waals surface area contributed by atoms with Crippen molar-refractivity contribution in [1.82, 2.24) is 9.62 Å². The number of carbonyl (C=O) groups excluding carboxylic acids is 2. The highest BCUT2D eigenvalue weighted by Gasteiger charge is 2.28. The molecule has 7 nitrogen and oxygen atoms in total. The molecular weight excluding hydrogens is 404 g/mol. The third-order valence-corrected chi connectivity index (χ3v) is 6.58. The van der Waals surface area contributed by atoms with Crippen LogP contribution in [0.2, 0.25) is 5.02 Å². The molecule has 9 heteroatoms. The van der Waals surface area contributed by atoms with Crippen molar-refractivity contribution in [2.45, 2.75) is 56.9 Å². The first-order chi connectivity index (χ1) is 13.0. The molecule has 0 unspecified atom stereocenters. The van der Waals surface area contributed by atoms with Crippen molar-refractivity contribution in [1.29, 1.82) is 0 Å². The van der Waals surface area contributed by atoms with Crippen LogP contribution in [0.15, 0.2) is 23.1 Å². The molecule has 0 aliphatic carbocycles. The predicted molar refractivity (Wildman–Crippen MR) is 107 cm³/mol. The molecule has 0 saturated carbocycles. The van der Waals surface area contributed by atoms with Crippen LogP contribution in [-0.2, 0) is 19.6 Å². The van der Waals surface area contributed by atoms with Gasteiger partial charge in [0, 0.05) is 18.6 Å². The Hall–Kier alpha value is -1.64. The van der Waals surface area contributed by atoms with Gasteiger partial charge in [-0.1, -0.05) is 24.4 Å². The number of sulfonamides is 1. The lowest BCUT2D eigenvalue weighted by molar-refractivity contribution is -0.125. The van der Waals surface area contributed by atoms with Gasteiger partial charge in [0.2, 0.25) is 10.0 Å². The van der Waals surface area contributed by atoms with E-state index in [4.69, 9.17) is 16.3 Å². The second kappa shape index (κ2) is 9.24. The normalized spacial score (nSPS) is 16.3. The van der Waals surface area contributed by atoms with E-state index in [2.05, 4.69) is 5.32 Å². The minimum atomic E-state index is -3.81. The maximum Gasteiger partial charge on any atom is 0.338 e. The number of nitrogens with one attached hydrogen (secondary N) is 1. The third-order valence-electron chi connectivity index (χ3n) is 4.20. The largest absolute Gasteiger partial charge is 0.452 e. The first-order valence-electron chi connectivity index (χ1n) is 9.28. The molecule has 2 rings (SSSR count). The number of rotatable bonds is 5. The van der Waals surface area contributed by atoms with Gasteiger partial charge in [-0.05, 0) is 51.8 Å². The predicted octanol–water partition coefficient (Wildman–Crippen LogP) is 2.98. The molecule has 1 saturated heterocycles. The van der Waals surface area contributed by atoms with Crippen molar-refractivity contribution in [2.75, 3.05) is 19.7 Å². The number of halogens is 1. The lowest BCUT2D eigenvalue weighted by Gasteiger charge is -2.21. The van der Waals surface area contributed by atoms with E-state index < -0.39 is 34.0 Å². The molecule has 0 aromatic heterocycles. The number of hydrogen-bond donors (Lipinski definition) is 1. The summed E-state index contributed by atoms with van der Waals surface area (Å²) >= 11 is 6.12. The number of benzene rings is 1. The molecule has 1 fully saturated rings. The first kappa shape index (κ1) is 22.6. The molecule has 1 amide bonds. The SMILES string of the molecule is CC(C)(C)NC(=O)COC(=O)c1ccc(Cl)c(S(=O)(=O)N2CCCCCC2)c1. The fourth-order valence-electron chi connectivity index (χ4n) is 2.92. The van der Waals surface area contributed by atoms with Crippen molar-refractivity contribution in [3.63, 3.8) is 0 Å². The molecule has 1 aromatic rings. The Morgan fingerprint density at radius 2 is 1.75 bits per heavy atom. The van der Waals surface area contributed by atoms with Crippen LogP contribution in [-0.4, -0.2) is 49.8 Å². The minimum absolute atomic E-state index is 0.0290. The van der Waals surface area contributed by atoms with Gasteiger partial charge in [0.05, 0.1) is 10.6 Å². The average molecular weight is 431 g/mol. The standard InChI is InChI=1S/C19H27ClN2O5S/c1-19(2,3)21-17(23)13-27-18(24)14-8-9-15(20)16(12-14)28(25,26)22-10-6-4-5-7-11-22/h8-9,12H,4-7,10-11,13H2,1-3H3,(H,21,23). The molecule has 1 aromatic carbocycles. The maximum absolute atomic E-state index is 13.0. The van der Waals surface area contributed by atoms with Crippen LogP contribution in [0.25, 0.3) is 0 Å². The van der Waals surface area contributed by atoms with Gasteiger partial charge < -0.3 is 10.1 Å². The molecule has 0 atom stereocenters. The van der Waals surface area contributed by atoms with E-state index in [1.54, 1.807) is 0 Å². The van der Waals surface area contributed by atoms with Gasteiger partial charge in [-0.25, -0.2) is 13.2 Å². The molecule has 28 heavy (non-hydrogen) atoms. The molecule has 1 aliphatic heterocycles. The monoisotopic (exact) mass is 430 g/mol. The summed E-state index contributed by atoms with van der Waals surface area (Å²) < 4.78 is 32.4. The number of hydrogen-bond acceptors (Lipinski definition) is 5. The number of amides is 1. The van der Waals surface area contributed by atoms with E-state index in [1.807, 2.05) is 20.8 Å². The number of ether oxygens (including phenoxy) is 1. The maximum atomic E-state index is 13.0. The quantitative estimate of drug-likeness (QED) is 0.725. The molecule has 156 valence electrons. The Labute approximate surface area is 171 Å². The molecule has 1 aliphatic rings. The van der Waals surface area contributed by atoms with Gasteiger partial charge in [-0.15, -0.1) is 0 Å². The van der Waals surface area contributed by atoms with Crippen LogP contribution >= 0.6 is 11.6 Å². The minimum Gasteiger partial charge on any atom is -0.452 e. The van der Waals surface area contributed by atoms with E-state index in [-0.39, 0.29) is 15.5 Å². The highest BCUT2D eigenvalue weighted by molar-refractivity contribution is 7.89. The van der Waals surface area contributed by atoms with Crippen LogP contribution in [0.3, 0.4) is 0 Å². The summed E-state index contributed by atoms with van der Waals surface area (Å²) in [5, 5.41) is 2.73. The Bertz CT molecular complexity index is 825. The van der Waals surface area contributed by atoms with Crippen LogP contribution in [0.4, 0.5) is 0 Å². The van der Waals surface area contributed by atoms with Crippen LogP contribution < -0.4 is 5.32 Å². The van der Waals surface area contributed by atoms with Crippen molar-refractivity contribution in [3.05, 3.63) is 28.8 Å². The van der Waals surface area contributed by atoms with E-state index in [0.717, 1.165) is 25.7 Å². The van der Waals surface area contributed by atoms with Crippen molar-refractivity contribution >= 4 is 33.5 Å². The van der Waals surface area contributed by atoms with Crippen molar-refractivity contribution in [3.8, 4) is 0 Å². The molecule has 1 heterocycles. The van der Waals surface area contributed by atoms with Crippen LogP contribution in [0, 0.1) is 0 Å². The lowest BCUT2D eigenvalue weighted by Crippen LogP contribution is -2.42. The summed E-state index contributed by atoms with van der Waals surface area (Å²) in [5.74, 6) is -1.22. The highest BCUT2D eigenvalue weighted by Crippen LogP contribution is 2.28. The highest BCUT2D eigenvalue weighted by atomic mass is 35.5. The van der Waals surface area contributed by atoms with E-state index in [9.17, 15) is 18.0 Å². The van der Waals surface area contributed by atoms with Crippen LogP contribution in [0.1, 0.15) is 56.8 Å². The summed E-state index contributed by atoms with van der Waals surface area (Å²) in [4.78, 5) is 24.0.